The molecule has 1 atom stereocenters. The van der Waals surface area contributed by atoms with Gasteiger partial charge in [0.1, 0.15) is 17.7 Å². The van der Waals surface area contributed by atoms with Gasteiger partial charge in [-0.05, 0) is 32.8 Å². The summed E-state index contributed by atoms with van der Waals surface area (Å²) >= 11 is 0. The Kier molecular flexibility index (Phi) is 5.81. The highest BCUT2D eigenvalue weighted by Crippen LogP contribution is 2.21. The zero-order valence-electron chi connectivity index (χ0n) is 14.9. The van der Waals surface area contributed by atoms with E-state index in [0.29, 0.717) is 6.54 Å². The summed E-state index contributed by atoms with van der Waals surface area (Å²) in [5.74, 6) is 1.57. The van der Waals surface area contributed by atoms with Crippen molar-refractivity contribution in [2.45, 2.75) is 64.7 Å². The van der Waals surface area contributed by atoms with Crippen LogP contribution < -0.4 is 5.32 Å². The summed E-state index contributed by atoms with van der Waals surface area (Å²) in [6, 6.07) is 3.84. The van der Waals surface area contributed by atoms with Gasteiger partial charge in [0.15, 0.2) is 0 Å². The fraction of sp³-hybridized carbons (Fsp3) is 0.526. The van der Waals surface area contributed by atoms with Gasteiger partial charge in [-0.2, -0.15) is 0 Å². The van der Waals surface area contributed by atoms with E-state index in [4.69, 9.17) is 4.74 Å². The van der Waals surface area contributed by atoms with Gasteiger partial charge in [-0.25, -0.2) is 9.97 Å². The summed E-state index contributed by atoms with van der Waals surface area (Å²) in [6.07, 6.45) is 10.9. The lowest BCUT2D eigenvalue weighted by Crippen LogP contribution is -2.37. The minimum absolute atomic E-state index is 0.0808. The number of aryl methyl sites for hydroxylation is 1. The Balaban J connectivity index is 1.60. The molecule has 1 aliphatic carbocycles. The molecule has 0 bridgehead atoms. The Morgan fingerprint density at radius 2 is 2.12 bits per heavy atom. The number of hydrogen-bond donors (Lipinski definition) is 1. The Bertz CT molecular complexity index is 707. The molecule has 25 heavy (non-hydrogen) atoms. The minimum Gasteiger partial charge on any atom is -0.365 e. The van der Waals surface area contributed by atoms with E-state index in [1.54, 1.807) is 12.4 Å². The van der Waals surface area contributed by atoms with Crippen LogP contribution in [0.15, 0.2) is 30.7 Å². The molecule has 6 nitrogen and oxygen atoms in total. The lowest BCUT2D eigenvalue weighted by atomic mass is 9.97. The molecule has 134 valence electrons. The van der Waals surface area contributed by atoms with E-state index in [1.165, 1.54) is 19.3 Å². The first kappa shape index (κ1) is 17.6. The van der Waals surface area contributed by atoms with Crippen molar-refractivity contribution in [3.8, 4) is 5.82 Å². The lowest BCUT2D eigenvalue weighted by Gasteiger charge is -2.25. The molecule has 1 amide bonds. The van der Waals surface area contributed by atoms with Crippen molar-refractivity contribution >= 4 is 5.91 Å². The molecule has 0 unspecified atom stereocenters. The SMILES string of the molecule is Cc1nccn1-c1ncccc1CNC(=O)[C@@H](C)OC1CCCCC1. The van der Waals surface area contributed by atoms with Crippen molar-refractivity contribution in [1.82, 2.24) is 19.9 Å². The lowest BCUT2D eigenvalue weighted by molar-refractivity contribution is -0.136. The van der Waals surface area contributed by atoms with E-state index in [2.05, 4.69) is 15.3 Å². The fourth-order valence-corrected chi connectivity index (χ4v) is 3.26. The van der Waals surface area contributed by atoms with Gasteiger partial charge in [0, 0.05) is 30.7 Å². The topological polar surface area (TPSA) is 69.0 Å². The molecule has 1 aliphatic rings. The van der Waals surface area contributed by atoms with Crippen molar-refractivity contribution in [2.75, 3.05) is 0 Å². The van der Waals surface area contributed by atoms with Crippen LogP contribution in [-0.2, 0) is 16.1 Å². The number of nitrogens with one attached hydrogen (secondary N) is 1. The number of nitrogens with zero attached hydrogens (tertiary/aromatic N) is 3. The van der Waals surface area contributed by atoms with Crippen LogP contribution >= 0.6 is 0 Å². The van der Waals surface area contributed by atoms with Crippen LogP contribution in [0, 0.1) is 6.92 Å². The molecule has 2 aromatic rings. The number of ether oxygens (including phenoxy) is 1. The molecule has 0 radical (unpaired) electrons. The number of pyridine rings is 1. The van der Waals surface area contributed by atoms with Gasteiger partial charge in [0.2, 0.25) is 5.91 Å². The normalized spacial score (nSPS) is 16.6. The van der Waals surface area contributed by atoms with Crippen molar-refractivity contribution < 1.29 is 9.53 Å². The van der Waals surface area contributed by atoms with Gasteiger partial charge in [-0.15, -0.1) is 0 Å². The second-order valence-electron chi connectivity index (χ2n) is 6.59. The van der Waals surface area contributed by atoms with E-state index in [-0.39, 0.29) is 12.0 Å². The average Bonchev–Trinajstić information content (AvgIpc) is 3.06. The zero-order valence-corrected chi connectivity index (χ0v) is 14.9. The number of aromatic nitrogens is 3. The van der Waals surface area contributed by atoms with Gasteiger partial charge in [-0.3, -0.25) is 9.36 Å². The van der Waals surface area contributed by atoms with E-state index in [1.807, 2.05) is 36.7 Å². The van der Waals surface area contributed by atoms with E-state index in [0.717, 1.165) is 30.0 Å². The maximum absolute atomic E-state index is 12.4. The van der Waals surface area contributed by atoms with Crippen molar-refractivity contribution in [2.24, 2.45) is 0 Å². The molecular weight excluding hydrogens is 316 g/mol. The molecule has 2 aromatic heterocycles. The van der Waals surface area contributed by atoms with Gasteiger partial charge in [-0.1, -0.05) is 25.3 Å². The van der Waals surface area contributed by atoms with Crippen LogP contribution in [-0.4, -0.2) is 32.7 Å². The molecular formula is C19H26N4O2. The van der Waals surface area contributed by atoms with Crippen LogP contribution in [0.5, 0.6) is 0 Å². The van der Waals surface area contributed by atoms with Crippen LogP contribution in [0.3, 0.4) is 0 Å². The molecule has 6 heteroatoms. The summed E-state index contributed by atoms with van der Waals surface area (Å²) in [4.78, 5) is 21.1. The third kappa shape index (κ3) is 4.45. The Morgan fingerprint density at radius 3 is 2.84 bits per heavy atom. The quantitative estimate of drug-likeness (QED) is 0.876. The van der Waals surface area contributed by atoms with Crippen molar-refractivity contribution in [3.63, 3.8) is 0 Å². The number of carbonyl (C=O) groups excluding carboxylic acids is 1. The summed E-state index contributed by atoms with van der Waals surface area (Å²) in [5, 5.41) is 2.97. The number of imidazole rings is 1. The molecule has 2 heterocycles. The van der Waals surface area contributed by atoms with Crippen LogP contribution in [0.1, 0.15) is 50.4 Å². The smallest absolute Gasteiger partial charge is 0.249 e. The molecule has 0 saturated heterocycles. The predicted octanol–water partition coefficient (Wildman–Crippen LogP) is 2.93. The second kappa shape index (κ2) is 8.25. The standard InChI is InChI=1S/C19H26N4O2/c1-14(25-17-8-4-3-5-9-17)19(24)22-13-16-7-6-10-21-18(16)23-12-11-20-15(23)2/h6-7,10-12,14,17H,3-5,8-9,13H2,1-2H3,(H,22,24)/t14-/m1/s1. The van der Waals surface area contributed by atoms with Gasteiger partial charge in [0.05, 0.1) is 6.10 Å². The summed E-state index contributed by atoms with van der Waals surface area (Å²) in [5.41, 5.74) is 0.946. The number of hydrogen-bond acceptors (Lipinski definition) is 4. The van der Waals surface area contributed by atoms with Crippen LogP contribution in [0.4, 0.5) is 0 Å². The molecule has 1 fully saturated rings. The van der Waals surface area contributed by atoms with E-state index < -0.39 is 6.10 Å². The Morgan fingerprint density at radius 1 is 1.32 bits per heavy atom. The first-order valence-corrected chi connectivity index (χ1v) is 9.02. The predicted molar refractivity (Wildman–Crippen MR) is 95.4 cm³/mol. The summed E-state index contributed by atoms with van der Waals surface area (Å²) in [6.45, 7) is 4.17. The molecule has 0 aliphatic heterocycles. The second-order valence-corrected chi connectivity index (χ2v) is 6.59. The van der Waals surface area contributed by atoms with E-state index >= 15 is 0 Å². The molecule has 1 N–H and O–H groups in total. The monoisotopic (exact) mass is 342 g/mol. The van der Waals surface area contributed by atoms with Crippen LogP contribution in [0.2, 0.25) is 0 Å². The van der Waals surface area contributed by atoms with Gasteiger partial charge in [0.25, 0.3) is 0 Å². The van der Waals surface area contributed by atoms with E-state index in [9.17, 15) is 4.79 Å². The number of rotatable bonds is 6. The third-order valence-electron chi connectivity index (χ3n) is 4.69. The Labute approximate surface area is 148 Å². The van der Waals surface area contributed by atoms with Crippen LogP contribution in [0.25, 0.3) is 5.82 Å². The number of carbonyl (C=O) groups is 1. The molecule has 0 spiro atoms. The van der Waals surface area contributed by atoms with Gasteiger partial charge < -0.3 is 10.1 Å². The van der Waals surface area contributed by atoms with Crippen molar-refractivity contribution in [3.05, 3.63) is 42.1 Å². The van der Waals surface area contributed by atoms with Gasteiger partial charge >= 0.3 is 0 Å². The summed E-state index contributed by atoms with van der Waals surface area (Å²) < 4.78 is 7.84. The first-order chi connectivity index (χ1) is 12.1. The minimum atomic E-state index is -0.432. The highest BCUT2D eigenvalue weighted by Gasteiger charge is 2.21. The summed E-state index contributed by atoms with van der Waals surface area (Å²) in [7, 11) is 0. The largest absolute Gasteiger partial charge is 0.365 e. The highest BCUT2D eigenvalue weighted by molar-refractivity contribution is 5.80. The van der Waals surface area contributed by atoms with Crippen molar-refractivity contribution in [1.29, 1.82) is 0 Å². The maximum atomic E-state index is 12.4. The molecule has 1 saturated carbocycles. The third-order valence-corrected chi connectivity index (χ3v) is 4.69. The average molecular weight is 342 g/mol. The fourth-order valence-electron chi connectivity index (χ4n) is 3.26. The maximum Gasteiger partial charge on any atom is 0.249 e. The first-order valence-electron chi connectivity index (χ1n) is 9.02. The Hall–Kier alpha value is -2.21. The number of amides is 1. The zero-order chi connectivity index (χ0) is 17.6. The highest BCUT2D eigenvalue weighted by atomic mass is 16.5. The molecule has 3 rings (SSSR count). The molecule has 0 aromatic carbocycles.